The lowest BCUT2D eigenvalue weighted by molar-refractivity contribution is 0.0376. The molecule has 3 N–H and O–H groups in total. The second kappa shape index (κ2) is 14.1. The van der Waals surface area contributed by atoms with Crippen LogP contribution in [0.5, 0.6) is 11.5 Å². The third kappa shape index (κ3) is 8.92. The van der Waals surface area contributed by atoms with E-state index in [1.165, 1.54) is 0 Å². The predicted octanol–water partition coefficient (Wildman–Crippen LogP) is 3.02. The van der Waals surface area contributed by atoms with E-state index in [9.17, 15) is 0 Å². The molecular formula is C23H33IN4O3. The Morgan fingerprint density at radius 1 is 1.10 bits per heavy atom. The number of methoxy groups -OCH3 is 1. The minimum absolute atomic E-state index is 0. The Bertz CT molecular complexity index is 799. The van der Waals surface area contributed by atoms with Crippen molar-refractivity contribution in [3.63, 3.8) is 0 Å². The van der Waals surface area contributed by atoms with Gasteiger partial charge in [-0.1, -0.05) is 36.4 Å². The number of benzene rings is 2. The van der Waals surface area contributed by atoms with E-state index < -0.39 is 0 Å². The number of halogens is 1. The summed E-state index contributed by atoms with van der Waals surface area (Å²) in [5, 5.41) is 3.18. The smallest absolute Gasteiger partial charge is 0.188 e. The summed E-state index contributed by atoms with van der Waals surface area (Å²) in [7, 11) is 1.64. The minimum atomic E-state index is 0. The third-order valence-corrected chi connectivity index (χ3v) is 4.96. The number of morpholine rings is 1. The molecule has 3 rings (SSSR count). The summed E-state index contributed by atoms with van der Waals surface area (Å²) in [6.45, 7) is 6.52. The molecule has 0 unspecified atom stereocenters. The van der Waals surface area contributed by atoms with Crippen molar-refractivity contribution < 1.29 is 14.2 Å². The van der Waals surface area contributed by atoms with E-state index in [4.69, 9.17) is 19.9 Å². The fourth-order valence-corrected chi connectivity index (χ4v) is 3.24. The highest BCUT2D eigenvalue weighted by molar-refractivity contribution is 14.0. The number of nitrogens with two attached hydrogens (primary N) is 1. The summed E-state index contributed by atoms with van der Waals surface area (Å²) in [6, 6.07) is 15.9. The van der Waals surface area contributed by atoms with Crippen molar-refractivity contribution in [3.8, 4) is 11.5 Å². The largest absolute Gasteiger partial charge is 0.493 e. The zero-order valence-corrected chi connectivity index (χ0v) is 20.4. The van der Waals surface area contributed by atoms with E-state index in [0.717, 1.165) is 56.9 Å². The molecule has 1 aliphatic heterocycles. The first-order valence-corrected chi connectivity index (χ1v) is 10.4. The fraction of sp³-hybridized carbons (Fsp3) is 0.435. The molecule has 2 aromatic carbocycles. The number of hydrogen-bond acceptors (Lipinski definition) is 5. The van der Waals surface area contributed by atoms with Crippen molar-refractivity contribution in [3.05, 3.63) is 59.7 Å². The van der Waals surface area contributed by atoms with E-state index >= 15 is 0 Å². The molecule has 2 aromatic rings. The molecule has 8 heteroatoms. The molecular weight excluding hydrogens is 507 g/mol. The zero-order valence-electron chi connectivity index (χ0n) is 18.1. The first-order chi connectivity index (χ1) is 14.7. The topological polar surface area (TPSA) is 81.3 Å². The van der Waals surface area contributed by atoms with E-state index in [1.54, 1.807) is 7.11 Å². The second-order valence-electron chi connectivity index (χ2n) is 7.20. The van der Waals surface area contributed by atoms with Crippen molar-refractivity contribution >= 4 is 29.9 Å². The Kier molecular flexibility index (Phi) is 11.5. The Hall–Kier alpha value is -2.04. The van der Waals surface area contributed by atoms with Crippen LogP contribution in [0.4, 0.5) is 0 Å². The van der Waals surface area contributed by atoms with Gasteiger partial charge in [0.2, 0.25) is 0 Å². The number of aliphatic imine (C=N–C) groups is 1. The molecule has 1 heterocycles. The van der Waals surface area contributed by atoms with Gasteiger partial charge in [0.05, 0.1) is 26.9 Å². The summed E-state index contributed by atoms with van der Waals surface area (Å²) in [4.78, 5) is 6.84. The first kappa shape index (κ1) is 25.2. The highest BCUT2D eigenvalue weighted by atomic mass is 127. The van der Waals surface area contributed by atoms with Crippen LogP contribution in [0.25, 0.3) is 0 Å². The summed E-state index contributed by atoms with van der Waals surface area (Å²) in [6.07, 6.45) is 1.03. The Morgan fingerprint density at radius 3 is 2.61 bits per heavy atom. The minimum Gasteiger partial charge on any atom is -0.493 e. The van der Waals surface area contributed by atoms with Crippen LogP contribution in [0, 0.1) is 0 Å². The average molecular weight is 540 g/mol. The van der Waals surface area contributed by atoms with Crippen molar-refractivity contribution in [1.29, 1.82) is 0 Å². The lowest BCUT2D eigenvalue weighted by atomic mass is 10.2. The van der Waals surface area contributed by atoms with Crippen molar-refractivity contribution in [1.82, 2.24) is 10.2 Å². The fourth-order valence-electron chi connectivity index (χ4n) is 3.24. The Morgan fingerprint density at radius 2 is 1.87 bits per heavy atom. The van der Waals surface area contributed by atoms with E-state index in [1.807, 2.05) is 48.5 Å². The number of ether oxygens (including phenoxy) is 3. The lowest BCUT2D eigenvalue weighted by Gasteiger charge is -2.26. The molecule has 1 aliphatic rings. The van der Waals surface area contributed by atoms with Gasteiger partial charge in [-0.25, -0.2) is 4.99 Å². The molecule has 0 spiro atoms. The van der Waals surface area contributed by atoms with E-state index in [2.05, 4.69) is 15.2 Å². The van der Waals surface area contributed by atoms with Crippen LogP contribution in [0.1, 0.15) is 17.5 Å². The molecule has 1 saturated heterocycles. The van der Waals surface area contributed by atoms with Gasteiger partial charge in [-0.05, 0) is 36.2 Å². The van der Waals surface area contributed by atoms with Gasteiger partial charge in [-0.3, -0.25) is 4.90 Å². The summed E-state index contributed by atoms with van der Waals surface area (Å²) >= 11 is 0. The van der Waals surface area contributed by atoms with Crippen LogP contribution in [-0.4, -0.2) is 57.4 Å². The van der Waals surface area contributed by atoms with E-state index in [0.29, 0.717) is 30.6 Å². The van der Waals surface area contributed by atoms with Crippen LogP contribution in [0.15, 0.2) is 53.5 Å². The van der Waals surface area contributed by atoms with Gasteiger partial charge < -0.3 is 25.3 Å². The molecule has 0 aromatic heterocycles. The zero-order chi connectivity index (χ0) is 21.0. The molecule has 7 nitrogen and oxygen atoms in total. The van der Waals surface area contributed by atoms with Gasteiger partial charge in [0.15, 0.2) is 17.5 Å². The van der Waals surface area contributed by atoms with Crippen LogP contribution in [-0.2, 0) is 17.9 Å². The SMILES string of the molecule is COc1cc(CN=C(N)NCCCN2CCOCC2)ccc1OCc1ccccc1.I. The van der Waals surface area contributed by atoms with Crippen LogP contribution in [0.2, 0.25) is 0 Å². The van der Waals surface area contributed by atoms with Crippen molar-refractivity contribution in [2.24, 2.45) is 10.7 Å². The average Bonchev–Trinajstić information content (AvgIpc) is 2.80. The standard InChI is InChI=1S/C23H32N4O3.HI/c1-28-22-16-20(8-9-21(22)30-18-19-6-3-2-4-7-19)17-26-23(24)25-10-5-11-27-12-14-29-15-13-27;/h2-4,6-9,16H,5,10-15,17-18H2,1H3,(H3,24,25,26);1H. The molecule has 170 valence electrons. The highest BCUT2D eigenvalue weighted by Gasteiger charge is 2.09. The first-order valence-electron chi connectivity index (χ1n) is 10.4. The molecule has 0 bridgehead atoms. The third-order valence-electron chi connectivity index (χ3n) is 4.96. The molecule has 0 radical (unpaired) electrons. The second-order valence-corrected chi connectivity index (χ2v) is 7.20. The van der Waals surface area contributed by atoms with Crippen LogP contribution >= 0.6 is 24.0 Å². The summed E-state index contributed by atoms with van der Waals surface area (Å²) in [5.74, 6) is 1.86. The van der Waals surface area contributed by atoms with Crippen molar-refractivity contribution in [2.75, 3.05) is 46.5 Å². The lowest BCUT2D eigenvalue weighted by Crippen LogP contribution is -2.39. The Balaban J connectivity index is 0.00000341. The van der Waals surface area contributed by atoms with Gasteiger partial charge in [0.25, 0.3) is 0 Å². The highest BCUT2D eigenvalue weighted by Crippen LogP contribution is 2.29. The number of nitrogens with zero attached hydrogens (tertiary/aromatic N) is 2. The molecule has 0 aliphatic carbocycles. The number of rotatable bonds is 10. The van der Waals surface area contributed by atoms with Gasteiger partial charge in [-0.2, -0.15) is 0 Å². The van der Waals surface area contributed by atoms with Crippen molar-refractivity contribution in [2.45, 2.75) is 19.6 Å². The van der Waals surface area contributed by atoms with E-state index in [-0.39, 0.29) is 24.0 Å². The normalized spacial score (nSPS) is 14.5. The number of guanidine groups is 1. The summed E-state index contributed by atoms with van der Waals surface area (Å²) in [5.41, 5.74) is 8.13. The molecule has 0 atom stereocenters. The molecule has 31 heavy (non-hydrogen) atoms. The molecule has 0 saturated carbocycles. The maximum atomic E-state index is 6.00. The predicted molar refractivity (Wildman–Crippen MR) is 134 cm³/mol. The number of nitrogens with one attached hydrogen (secondary N) is 1. The van der Waals surface area contributed by atoms with Gasteiger partial charge in [0, 0.05) is 19.6 Å². The van der Waals surface area contributed by atoms with Crippen LogP contribution < -0.4 is 20.5 Å². The van der Waals surface area contributed by atoms with Gasteiger partial charge >= 0.3 is 0 Å². The summed E-state index contributed by atoms with van der Waals surface area (Å²) < 4.78 is 16.7. The quantitative estimate of drug-likeness (QED) is 0.209. The Labute approximate surface area is 202 Å². The molecule has 1 fully saturated rings. The number of hydrogen-bond donors (Lipinski definition) is 2. The maximum absolute atomic E-state index is 6.00. The van der Waals surface area contributed by atoms with Gasteiger partial charge in [0.1, 0.15) is 6.61 Å². The monoisotopic (exact) mass is 540 g/mol. The maximum Gasteiger partial charge on any atom is 0.188 e. The van der Waals surface area contributed by atoms with Crippen LogP contribution in [0.3, 0.4) is 0 Å². The van der Waals surface area contributed by atoms with Gasteiger partial charge in [-0.15, -0.1) is 24.0 Å². The molecule has 0 amide bonds.